The Labute approximate surface area is 114 Å². The molecule has 0 bridgehead atoms. The van der Waals surface area contributed by atoms with E-state index >= 15 is 0 Å². The van der Waals surface area contributed by atoms with Crippen LogP contribution in [0.3, 0.4) is 0 Å². The van der Waals surface area contributed by atoms with Crippen LogP contribution in [0.4, 0.5) is 0 Å². The number of carbonyl (C=O) groups is 1. The molecule has 0 N–H and O–H groups in total. The Morgan fingerprint density at radius 2 is 2.21 bits per heavy atom. The lowest BCUT2D eigenvalue weighted by Crippen LogP contribution is -2.36. The van der Waals surface area contributed by atoms with Gasteiger partial charge in [0, 0.05) is 19.7 Å². The lowest BCUT2D eigenvalue weighted by atomic mass is 10.1. The van der Waals surface area contributed by atoms with Gasteiger partial charge in [-0.15, -0.1) is 0 Å². The summed E-state index contributed by atoms with van der Waals surface area (Å²) in [4.78, 5) is 14.1. The maximum absolute atomic E-state index is 12.2. The molecule has 0 spiro atoms. The summed E-state index contributed by atoms with van der Waals surface area (Å²) in [6.45, 7) is 4.73. The number of nitrogens with zero attached hydrogens (tertiary/aromatic N) is 1. The quantitative estimate of drug-likeness (QED) is 0.813. The van der Waals surface area contributed by atoms with Crippen molar-refractivity contribution in [1.29, 1.82) is 0 Å². The van der Waals surface area contributed by atoms with Crippen molar-refractivity contribution in [2.24, 2.45) is 5.92 Å². The Morgan fingerprint density at radius 3 is 2.84 bits per heavy atom. The van der Waals surface area contributed by atoms with Gasteiger partial charge in [0.05, 0.1) is 12.5 Å². The molecule has 0 radical (unpaired) electrons. The molecule has 0 aliphatic carbocycles. The normalized spacial score (nSPS) is 18.9. The van der Waals surface area contributed by atoms with E-state index in [1.165, 1.54) is 0 Å². The molecule has 2 rings (SSSR count). The van der Waals surface area contributed by atoms with Crippen LogP contribution < -0.4 is 0 Å². The molecule has 1 aliphatic rings. The van der Waals surface area contributed by atoms with E-state index in [4.69, 9.17) is 4.74 Å². The molecule has 102 valence electrons. The van der Waals surface area contributed by atoms with E-state index < -0.39 is 0 Å². The Hall–Kier alpha value is -1.61. The minimum atomic E-state index is 0.0603. The predicted molar refractivity (Wildman–Crippen MR) is 76.7 cm³/mol. The molecule has 1 heterocycles. The van der Waals surface area contributed by atoms with Gasteiger partial charge in [0.15, 0.2) is 0 Å². The van der Waals surface area contributed by atoms with Gasteiger partial charge in [-0.3, -0.25) is 4.79 Å². The van der Waals surface area contributed by atoms with Gasteiger partial charge in [-0.25, -0.2) is 0 Å². The maximum Gasteiger partial charge on any atom is 0.228 e. The summed E-state index contributed by atoms with van der Waals surface area (Å²) in [5, 5.41) is 0. The van der Waals surface area contributed by atoms with E-state index in [-0.39, 0.29) is 11.8 Å². The van der Waals surface area contributed by atoms with Gasteiger partial charge in [0.25, 0.3) is 0 Å². The molecule has 1 atom stereocenters. The van der Waals surface area contributed by atoms with Crippen LogP contribution in [-0.4, -0.2) is 37.1 Å². The average Bonchev–Trinajstić information content (AvgIpc) is 2.98. The van der Waals surface area contributed by atoms with E-state index in [0.717, 1.165) is 18.5 Å². The fraction of sp³-hybridized carbons (Fsp3) is 0.438. The number of carbonyl (C=O) groups excluding carboxylic acids is 1. The molecule has 3 nitrogen and oxygen atoms in total. The molecule has 3 heteroatoms. The van der Waals surface area contributed by atoms with E-state index in [0.29, 0.717) is 19.8 Å². The van der Waals surface area contributed by atoms with Crippen molar-refractivity contribution in [1.82, 2.24) is 4.90 Å². The highest BCUT2D eigenvalue weighted by atomic mass is 16.5. The van der Waals surface area contributed by atoms with E-state index in [9.17, 15) is 4.79 Å². The number of hydrogen-bond acceptors (Lipinski definition) is 2. The van der Waals surface area contributed by atoms with Crippen molar-refractivity contribution in [3.63, 3.8) is 0 Å². The van der Waals surface area contributed by atoms with Crippen LogP contribution in [-0.2, 0) is 9.53 Å². The van der Waals surface area contributed by atoms with Gasteiger partial charge in [-0.1, -0.05) is 42.5 Å². The molecule has 1 fully saturated rings. The van der Waals surface area contributed by atoms with Crippen LogP contribution in [0.2, 0.25) is 0 Å². The van der Waals surface area contributed by atoms with Gasteiger partial charge in [-0.2, -0.15) is 0 Å². The van der Waals surface area contributed by atoms with Gasteiger partial charge in [0.2, 0.25) is 5.91 Å². The first-order chi connectivity index (χ1) is 9.31. The van der Waals surface area contributed by atoms with E-state index in [1.807, 2.05) is 36.1 Å². The van der Waals surface area contributed by atoms with Crippen molar-refractivity contribution in [3.05, 3.63) is 42.0 Å². The average molecular weight is 259 g/mol. The molecular formula is C16H21NO2. The Bertz CT molecular complexity index is 422. The van der Waals surface area contributed by atoms with Crippen molar-refractivity contribution in [2.75, 3.05) is 26.3 Å². The summed E-state index contributed by atoms with van der Waals surface area (Å²) in [6, 6.07) is 10.1. The standard InChI is InChI=1S/C16H21NO2/c1-2-17(16(18)15-10-12-19-13-15)11-6-9-14-7-4-3-5-8-14/h3-9,15H,2,10-13H2,1H3/b9-6+. The van der Waals surface area contributed by atoms with E-state index in [2.05, 4.69) is 18.2 Å². The van der Waals surface area contributed by atoms with Crippen LogP contribution in [0.15, 0.2) is 36.4 Å². The molecule has 1 aromatic carbocycles. The van der Waals surface area contributed by atoms with Crippen molar-refractivity contribution in [2.45, 2.75) is 13.3 Å². The van der Waals surface area contributed by atoms with Crippen molar-refractivity contribution in [3.8, 4) is 0 Å². The molecular weight excluding hydrogens is 238 g/mol. The number of amides is 1. The number of likely N-dealkylation sites (N-methyl/N-ethyl adjacent to an activating group) is 1. The monoisotopic (exact) mass is 259 g/mol. The van der Waals surface area contributed by atoms with E-state index in [1.54, 1.807) is 0 Å². The lowest BCUT2D eigenvalue weighted by molar-refractivity contribution is -0.134. The first-order valence-corrected chi connectivity index (χ1v) is 6.89. The third-order valence-corrected chi connectivity index (χ3v) is 3.41. The molecule has 1 unspecified atom stereocenters. The Kier molecular flexibility index (Phi) is 5.16. The van der Waals surface area contributed by atoms with Crippen LogP contribution in [0.25, 0.3) is 6.08 Å². The molecule has 1 amide bonds. The zero-order valence-corrected chi connectivity index (χ0v) is 11.4. The van der Waals surface area contributed by atoms with Gasteiger partial charge >= 0.3 is 0 Å². The molecule has 1 aliphatic heterocycles. The smallest absolute Gasteiger partial charge is 0.228 e. The van der Waals surface area contributed by atoms with Crippen LogP contribution >= 0.6 is 0 Å². The second-order valence-electron chi connectivity index (χ2n) is 4.75. The molecule has 1 aromatic rings. The minimum absolute atomic E-state index is 0.0603. The number of benzene rings is 1. The Morgan fingerprint density at radius 1 is 1.42 bits per heavy atom. The SMILES string of the molecule is CCN(C/C=C/c1ccccc1)C(=O)C1CCOC1. The van der Waals surface area contributed by atoms with Gasteiger partial charge < -0.3 is 9.64 Å². The third kappa shape index (κ3) is 3.93. The highest BCUT2D eigenvalue weighted by Gasteiger charge is 2.26. The third-order valence-electron chi connectivity index (χ3n) is 3.41. The summed E-state index contributed by atoms with van der Waals surface area (Å²) < 4.78 is 5.28. The first-order valence-electron chi connectivity index (χ1n) is 6.89. The number of ether oxygens (including phenoxy) is 1. The predicted octanol–water partition coefficient (Wildman–Crippen LogP) is 2.58. The summed E-state index contributed by atoms with van der Waals surface area (Å²) in [6.07, 6.45) is 4.96. The fourth-order valence-electron chi connectivity index (χ4n) is 2.24. The summed E-state index contributed by atoms with van der Waals surface area (Å²) in [5.74, 6) is 0.280. The molecule has 1 saturated heterocycles. The Balaban J connectivity index is 1.88. The number of hydrogen-bond donors (Lipinski definition) is 0. The summed E-state index contributed by atoms with van der Waals surface area (Å²) >= 11 is 0. The summed E-state index contributed by atoms with van der Waals surface area (Å²) in [7, 11) is 0. The largest absolute Gasteiger partial charge is 0.381 e. The summed E-state index contributed by atoms with van der Waals surface area (Å²) in [5.41, 5.74) is 1.16. The first kappa shape index (κ1) is 13.8. The molecule has 19 heavy (non-hydrogen) atoms. The molecule has 0 saturated carbocycles. The van der Waals surface area contributed by atoms with Crippen molar-refractivity contribution < 1.29 is 9.53 Å². The second kappa shape index (κ2) is 7.10. The van der Waals surface area contributed by atoms with Crippen LogP contribution in [0.1, 0.15) is 18.9 Å². The lowest BCUT2D eigenvalue weighted by Gasteiger charge is -2.22. The van der Waals surface area contributed by atoms with Gasteiger partial charge in [0.1, 0.15) is 0 Å². The zero-order valence-electron chi connectivity index (χ0n) is 11.4. The fourth-order valence-corrected chi connectivity index (χ4v) is 2.24. The van der Waals surface area contributed by atoms with Crippen LogP contribution in [0.5, 0.6) is 0 Å². The van der Waals surface area contributed by atoms with Crippen molar-refractivity contribution >= 4 is 12.0 Å². The minimum Gasteiger partial charge on any atom is -0.381 e. The number of rotatable bonds is 5. The highest BCUT2D eigenvalue weighted by Crippen LogP contribution is 2.15. The topological polar surface area (TPSA) is 29.5 Å². The van der Waals surface area contributed by atoms with Crippen LogP contribution in [0, 0.1) is 5.92 Å². The maximum atomic E-state index is 12.2. The zero-order chi connectivity index (χ0) is 13.5. The second-order valence-corrected chi connectivity index (χ2v) is 4.75. The highest BCUT2D eigenvalue weighted by molar-refractivity contribution is 5.79. The molecule has 0 aromatic heterocycles. The van der Waals surface area contributed by atoms with Gasteiger partial charge in [-0.05, 0) is 18.9 Å².